The van der Waals surface area contributed by atoms with Gasteiger partial charge in [0.05, 0.1) is 5.69 Å². The van der Waals surface area contributed by atoms with E-state index in [1.165, 1.54) is 18.4 Å². The van der Waals surface area contributed by atoms with Gasteiger partial charge >= 0.3 is 0 Å². The standard InChI is InChI=1S/C13H22N2O/c1-9-12(10(2)16-15-9)5-8-14-11(3)13(4)6-7-13/h11,14H,5-8H2,1-4H3. The van der Waals surface area contributed by atoms with E-state index < -0.39 is 0 Å². The molecule has 0 bridgehead atoms. The van der Waals surface area contributed by atoms with Crippen molar-refractivity contribution >= 4 is 0 Å². The molecule has 1 aromatic rings. The minimum absolute atomic E-state index is 0.554. The van der Waals surface area contributed by atoms with Crippen molar-refractivity contribution in [3.05, 3.63) is 17.0 Å². The molecule has 3 nitrogen and oxygen atoms in total. The molecule has 0 radical (unpaired) electrons. The second kappa shape index (κ2) is 4.21. The molecule has 1 aliphatic rings. The Balaban J connectivity index is 1.80. The second-order valence-electron chi connectivity index (χ2n) is 5.38. The summed E-state index contributed by atoms with van der Waals surface area (Å²) in [6.07, 6.45) is 3.75. The lowest BCUT2D eigenvalue weighted by Gasteiger charge is -2.20. The number of hydrogen-bond acceptors (Lipinski definition) is 3. The normalized spacial score (nSPS) is 19.8. The molecule has 3 heteroatoms. The Hall–Kier alpha value is -0.830. The highest BCUT2D eigenvalue weighted by Crippen LogP contribution is 2.47. The SMILES string of the molecule is Cc1noc(C)c1CCNC(C)C1(C)CC1. The minimum Gasteiger partial charge on any atom is -0.361 e. The minimum atomic E-state index is 0.554. The van der Waals surface area contributed by atoms with Crippen molar-refractivity contribution in [1.82, 2.24) is 10.5 Å². The van der Waals surface area contributed by atoms with E-state index in [9.17, 15) is 0 Å². The lowest BCUT2D eigenvalue weighted by atomic mass is 10.0. The van der Waals surface area contributed by atoms with Crippen LogP contribution in [0.3, 0.4) is 0 Å². The molecule has 0 saturated heterocycles. The number of aryl methyl sites for hydroxylation is 2. The van der Waals surface area contributed by atoms with Gasteiger partial charge in [-0.1, -0.05) is 12.1 Å². The molecule has 90 valence electrons. The van der Waals surface area contributed by atoms with Crippen molar-refractivity contribution in [3.8, 4) is 0 Å². The van der Waals surface area contributed by atoms with E-state index >= 15 is 0 Å². The molecule has 1 saturated carbocycles. The Bertz CT molecular complexity index is 347. The van der Waals surface area contributed by atoms with Crippen LogP contribution in [0.5, 0.6) is 0 Å². The second-order valence-corrected chi connectivity index (χ2v) is 5.38. The Morgan fingerprint density at radius 3 is 2.62 bits per heavy atom. The van der Waals surface area contributed by atoms with Gasteiger partial charge in [0, 0.05) is 11.6 Å². The van der Waals surface area contributed by atoms with Crippen LogP contribution in [-0.4, -0.2) is 17.7 Å². The van der Waals surface area contributed by atoms with E-state index in [0.717, 1.165) is 24.4 Å². The Morgan fingerprint density at radius 1 is 1.44 bits per heavy atom. The molecule has 1 N–H and O–H groups in total. The maximum absolute atomic E-state index is 5.15. The average molecular weight is 222 g/mol. The molecule has 0 aromatic carbocycles. The van der Waals surface area contributed by atoms with Crippen LogP contribution in [0, 0.1) is 19.3 Å². The van der Waals surface area contributed by atoms with E-state index in [4.69, 9.17) is 4.52 Å². The van der Waals surface area contributed by atoms with Crippen LogP contribution < -0.4 is 5.32 Å². The topological polar surface area (TPSA) is 38.1 Å². The van der Waals surface area contributed by atoms with E-state index in [-0.39, 0.29) is 0 Å². The summed E-state index contributed by atoms with van der Waals surface area (Å²) in [6, 6.07) is 0.618. The maximum atomic E-state index is 5.15. The van der Waals surface area contributed by atoms with E-state index in [1.54, 1.807) is 0 Å². The number of aromatic nitrogens is 1. The van der Waals surface area contributed by atoms with Crippen LogP contribution >= 0.6 is 0 Å². The highest BCUT2D eigenvalue weighted by molar-refractivity contribution is 5.21. The zero-order valence-corrected chi connectivity index (χ0v) is 10.8. The molecule has 1 unspecified atom stereocenters. The molecule has 1 atom stereocenters. The van der Waals surface area contributed by atoms with Crippen LogP contribution in [0.15, 0.2) is 4.52 Å². The quantitative estimate of drug-likeness (QED) is 0.832. The summed E-state index contributed by atoms with van der Waals surface area (Å²) >= 11 is 0. The van der Waals surface area contributed by atoms with Gasteiger partial charge in [-0.2, -0.15) is 0 Å². The highest BCUT2D eigenvalue weighted by Gasteiger charge is 2.41. The van der Waals surface area contributed by atoms with Crippen molar-refractivity contribution in [3.63, 3.8) is 0 Å². The summed E-state index contributed by atoms with van der Waals surface area (Å²) in [6.45, 7) is 9.67. The van der Waals surface area contributed by atoms with Crippen LogP contribution in [0.4, 0.5) is 0 Å². The van der Waals surface area contributed by atoms with E-state index in [2.05, 4.69) is 24.3 Å². The smallest absolute Gasteiger partial charge is 0.137 e. The largest absolute Gasteiger partial charge is 0.361 e. The zero-order valence-electron chi connectivity index (χ0n) is 10.8. The van der Waals surface area contributed by atoms with Gasteiger partial charge < -0.3 is 9.84 Å². The third-order valence-electron chi connectivity index (χ3n) is 4.09. The van der Waals surface area contributed by atoms with Gasteiger partial charge in [0.2, 0.25) is 0 Å². The third-order valence-corrected chi connectivity index (χ3v) is 4.09. The van der Waals surface area contributed by atoms with Crippen LogP contribution in [-0.2, 0) is 6.42 Å². The first-order valence-corrected chi connectivity index (χ1v) is 6.18. The lowest BCUT2D eigenvalue weighted by Crippen LogP contribution is -2.34. The molecular formula is C13H22N2O. The van der Waals surface area contributed by atoms with Crippen LogP contribution in [0.1, 0.15) is 43.7 Å². The molecule has 2 rings (SSSR count). The fourth-order valence-electron chi connectivity index (χ4n) is 2.15. The van der Waals surface area contributed by atoms with E-state index in [0.29, 0.717) is 11.5 Å². The number of rotatable bonds is 5. The van der Waals surface area contributed by atoms with Crippen LogP contribution in [0.25, 0.3) is 0 Å². The third kappa shape index (κ3) is 2.29. The fourth-order valence-corrected chi connectivity index (χ4v) is 2.15. The molecule has 16 heavy (non-hydrogen) atoms. The molecule has 0 spiro atoms. The zero-order chi connectivity index (χ0) is 11.8. The predicted octanol–water partition coefficient (Wildman–Crippen LogP) is 2.61. The molecule has 1 aromatic heterocycles. The fraction of sp³-hybridized carbons (Fsp3) is 0.769. The van der Waals surface area contributed by atoms with Gasteiger partial charge in [0.15, 0.2) is 0 Å². The van der Waals surface area contributed by atoms with Gasteiger partial charge in [0.1, 0.15) is 5.76 Å². The van der Waals surface area contributed by atoms with Crippen molar-refractivity contribution in [2.45, 2.75) is 53.0 Å². The summed E-state index contributed by atoms with van der Waals surface area (Å²) in [5.41, 5.74) is 2.85. The van der Waals surface area contributed by atoms with Gasteiger partial charge in [-0.05, 0) is 52.0 Å². The molecule has 1 heterocycles. The molecule has 0 aliphatic heterocycles. The summed E-state index contributed by atoms with van der Waals surface area (Å²) in [5.74, 6) is 0.963. The average Bonchev–Trinajstić information content (AvgIpc) is 2.92. The number of hydrogen-bond donors (Lipinski definition) is 1. The van der Waals surface area contributed by atoms with Crippen molar-refractivity contribution in [2.24, 2.45) is 5.41 Å². The van der Waals surface area contributed by atoms with Crippen molar-refractivity contribution in [2.75, 3.05) is 6.54 Å². The first-order valence-electron chi connectivity index (χ1n) is 6.18. The first kappa shape index (κ1) is 11.6. The summed E-state index contributed by atoms with van der Waals surface area (Å²) in [4.78, 5) is 0. The van der Waals surface area contributed by atoms with Gasteiger partial charge in [-0.25, -0.2) is 0 Å². The monoisotopic (exact) mass is 222 g/mol. The highest BCUT2D eigenvalue weighted by atomic mass is 16.5. The maximum Gasteiger partial charge on any atom is 0.137 e. The van der Waals surface area contributed by atoms with Crippen molar-refractivity contribution in [1.29, 1.82) is 0 Å². The summed E-state index contributed by atoms with van der Waals surface area (Å²) < 4.78 is 5.15. The summed E-state index contributed by atoms with van der Waals surface area (Å²) in [5, 5.41) is 7.58. The van der Waals surface area contributed by atoms with Gasteiger partial charge in [0.25, 0.3) is 0 Å². The van der Waals surface area contributed by atoms with Gasteiger partial charge in [-0.3, -0.25) is 0 Å². The first-order chi connectivity index (χ1) is 7.53. The van der Waals surface area contributed by atoms with Crippen molar-refractivity contribution < 1.29 is 4.52 Å². The Morgan fingerprint density at radius 2 is 2.12 bits per heavy atom. The lowest BCUT2D eigenvalue weighted by molar-refractivity contribution is 0.381. The number of nitrogens with zero attached hydrogens (tertiary/aromatic N) is 1. The Kier molecular flexibility index (Phi) is 3.06. The molecule has 0 amide bonds. The van der Waals surface area contributed by atoms with Crippen LogP contribution in [0.2, 0.25) is 0 Å². The molecule has 1 aliphatic carbocycles. The molecular weight excluding hydrogens is 200 g/mol. The number of nitrogens with one attached hydrogen (secondary N) is 1. The molecule has 1 fully saturated rings. The van der Waals surface area contributed by atoms with Gasteiger partial charge in [-0.15, -0.1) is 0 Å². The van der Waals surface area contributed by atoms with E-state index in [1.807, 2.05) is 13.8 Å². The predicted molar refractivity (Wildman–Crippen MR) is 64.5 cm³/mol. The summed E-state index contributed by atoms with van der Waals surface area (Å²) in [7, 11) is 0. The Labute approximate surface area is 97.6 Å².